The lowest BCUT2D eigenvalue weighted by Gasteiger charge is -2.25. The summed E-state index contributed by atoms with van der Waals surface area (Å²) < 4.78 is 5.47. The molecule has 8 nitrogen and oxygen atoms in total. The van der Waals surface area contributed by atoms with Gasteiger partial charge in [-0.2, -0.15) is 0 Å². The van der Waals surface area contributed by atoms with Crippen molar-refractivity contribution in [2.75, 3.05) is 23.0 Å². The van der Waals surface area contributed by atoms with Gasteiger partial charge < -0.3 is 9.64 Å². The van der Waals surface area contributed by atoms with E-state index in [0.29, 0.717) is 30.2 Å². The number of carbonyl (C=O) groups is 2. The van der Waals surface area contributed by atoms with Crippen LogP contribution in [-0.4, -0.2) is 29.9 Å². The zero-order valence-corrected chi connectivity index (χ0v) is 18.8. The molecule has 0 aromatic heterocycles. The number of ether oxygens (including phenoxy) is 1. The number of para-hydroxylation sites is 1. The number of likely N-dealkylation sites (N-methyl/N-ethyl adjacent to an activating group) is 1. The molecule has 3 aromatic rings. The number of nitrogens with zero attached hydrogens (tertiary/aromatic N) is 3. The normalized spacial score (nSPS) is 13.4. The molecule has 0 atom stereocenters. The Balaban J connectivity index is 1.84. The van der Waals surface area contributed by atoms with Crippen LogP contribution in [0.5, 0.6) is 5.75 Å². The highest BCUT2D eigenvalue weighted by Crippen LogP contribution is 2.37. The van der Waals surface area contributed by atoms with E-state index in [0.717, 1.165) is 10.6 Å². The average molecular weight is 457 g/mol. The molecule has 0 spiro atoms. The number of non-ortho nitro benzene ring substituents is 1. The highest BCUT2D eigenvalue weighted by atomic mass is 16.6. The molecule has 0 N–H and O–H groups in total. The Morgan fingerprint density at radius 3 is 2.09 bits per heavy atom. The van der Waals surface area contributed by atoms with E-state index in [1.54, 1.807) is 29.2 Å². The first-order valence-electron chi connectivity index (χ1n) is 10.9. The third-order valence-corrected chi connectivity index (χ3v) is 5.49. The van der Waals surface area contributed by atoms with Crippen molar-refractivity contribution in [1.29, 1.82) is 0 Å². The van der Waals surface area contributed by atoms with Gasteiger partial charge in [0.25, 0.3) is 17.5 Å². The zero-order valence-electron chi connectivity index (χ0n) is 18.8. The summed E-state index contributed by atoms with van der Waals surface area (Å²) in [6, 6.07) is 21.7. The van der Waals surface area contributed by atoms with E-state index in [1.807, 2.05) is 44.2 Å². The molecule has 1 aliphatic rings. The molecular formula is C26H23N3O5. The minimum absolute atomic E-state index is 0.0959. The molecule has 34 heavy (non-hydrogen) atoms. The molecule has 3 aromatic carbocycles. The second-order valence-electron chi connectivity index (χ2n) is 7.48. The van der Waals surface area contributed by atoms with E-state index in [1.165, 1.54) is 24.3 Å². The average Bonchev–Trinajstić information content (AvgIpc) is 3.11. The number of imide groups is 1. The van der Waals surface area contributed by atoms with E-state index in [9.17, 15) is 19.7 Å². The van der Waals surface area contributed by atoms with Gasteiger partial charge in [0.2, 0.25) is 0 Å². The highest BCUT2D eigenvalue weighted by Gasteiger charge is 2.42. The predicted octanol–water partition coefficient (Wildman–Crippen LogP) is 4.80. The number of rotatable bonds is 8. The molecule has 0 radical (unpaired) electrons. The lowest BCUT2D eigenvalue weighted by atomic mass is 10.0. The largest absolute Gasteiger partial charge is 0.494 e. The molecule has 0 saturated heterocycles. The summed E-state index contributed by atoms with van der Waals surface area (Å²) in [6.07, 6.45) is 0. The van der Waals surface area contributed by atoms with Crippen LogP contribution in [0.2, 0.25) is 0 Å². The molecule has 2 amide bonds. The van der Waals surface area contributed by atoms with E-state index < -0.39 is 16.7 Å². The van der Waals surface area contributed by atoms with Crippen LogP contribution in [-0.2, 0) is 9.59 Å². The van der Waals surface area contributed by atoms with E-state index in [4.69, 9.17) is 4.74 Å². The lowest BCUT2D eigenvalue weighted by molar-refractivity contribution is -0.384. The van der Waals surface area contributed by atoms with Crippen molar-refractivity contribution in [2.24, 2.45) is 0 Å². The number of benzene rings is 3. The van der Waals surface area contributed by atoms with Crippen molar-refractivity contribution in [3.05, 3.63) is 100 Å². The van der Waals surface area contributed by atoms with Gasteiger partial charge in [0.1, 0.15) is 11.4 Å². The van der Waals surface area contributed by atoms with Gasteiger partial charge in [0.05, 0.1) is 22.8 Å². The molecule has 4 rings (SSSR count). The first kappa shape index (κ1) is 22.7. The van der Waals surface area contributed by atoms with Gasteiger partial charge in [-0.25, -0.2) is 4.90 Å². The third kappa shape index (κ3) is 4.13. The van der Waals surface area contributed by atoms with Crippen LogP contribution >= 0.6 is 0 Å². The van der Waals surface area contributed by atoms with Crippen LogP contribution in [0.15, 0.2) is 84.6 Å². The number of carbonyl (C=O) groups excluding carboxylic acids is 2. The fraction of sp³-hybridized carbons (Fsp3) is 0.154. The molecule has 0 bridgehead atoms. The number of nitro groups is 1. The van der Waals surface area contributed by atoms with E-state index in [-0.39, 0.29) is 17.0 Å². The maximum atomic E-state index is 13.7. The number of nitro benzene ring substituents is 1. The van der Waals surface area contributed by atoms with Gasteiger partial charge in [-0.1, -0.05) is 18.2 Å². The van der Waals surface area contributed by atoms with Crippen molar-refractivity contribution in [1.82, 2.24) is 0 Å². The summed E-state index contributed by atoms with van der Waals surface area (Å²) >= 11 is 0. The summed E-state index contributed by atoms with van der Waals surface area (Å²) in [5.74, 6) is -0.325. The van der Waals surface area contributed by atoms with Gasteiger partial charge >= 0.3 is 0 Å². The summed E-state index contributed by atoms with van der Waals surface area (Å²) in [5, 5.41) is 11.1. The second-order valence-corrected chi connectivity index (χ2v) is 7.48. The monoisotopic (exact) mass is 457 g/mol. The van der Waals surface area contributed by atoms with Crippen LogP contribution in [0.25, 0.3) is 5.57 Å². The van der Waals surface area contributed by atoms with Crippen molar-refractivity contribution >= 4 is 34.4 Å². The zero-order chi connectivity index (χ0) is 24.2. The third-order valence-electron chi connectivity index (χ3n) is 5.49. The van der Waals surface area contributed by atoms with Crippen molar-refractivity contribution in [3.8, 4) is 5.75 Å². The van der Waals surface area contributed by atoms with Gasteiger partial charge in [0.15, 0.2) is 0 Å². The Morgan fingerprint density at radius 1 is 0.882 bits per heavy atom. The molecule has 0 unspecified atom stereocenters. The summed E-state index contributed by atoms with van der Waals surface area (Å²) in [5.41, 5.74) is 1.93. The molecule has 0 saturated carbocycles. The topological polar surface area (TPSA) is 93.0 Å². The number of hydrogen-bond donors (Lipinski definition) is 0. The quantitative estimate of drug-likeness (QED) is 0.274. The maximum Gasteiger partial charge on any atom is 0.282 e. The van der Waals surface area contributed by atoms with Crippen molar-refractivity contribution in [2.45, 2.75) is 13.8 Å². The van der Waals surface area contributed by atoms with Gasteiger partial charge in [0, 0.05) is 24.4 Å². The van der Waals surface area contributed by atoms with Crippen molar-refractivity contribution in [3.63, 3.8) is 0 Å². The summed E-state index contributed by atoms with van der Waals surface area (Å²) in [6.45, 7) is 4.70. The molecule has 172 valence electrons. The number of amides is 2. The fourth-order valence-corrected chi connectivity index (χ4v) is 3.95. The fourth-order valence-electron chi connectivity index (χ4n) is 3.95. The van der Waals surface area contributed by atoms with Crippen molar-refractivity contribution < 1.29 is 19.2 Å². The van der Waals surface area contributed by atoms with Gasteiger partial charge in [-0.3, -0.25) is 19.7 Å². The molecule has 1 aliphatic heterocycles. The Hall–Kier alpha value is -4.46. The molecule has 0 aliphatic carbocycles. The molecule has 8 heteroatoms. The first-order chi connectivity index (χ1) is 16.5. The van der Waals surface area contributed by atoms with Gasteiger partial charge in [-0.05, 0) is 67.9 Å². The standard InChI is InChI=1S/C26H23N3O5/c1-3-27(19-8-6-5-7-9-19)24-23(18-10-12-21(13-11-18)29(32)33)25(30)28(26(24)31)20-14-16-22(17-15-20)34-4-2/h5-17H,3-4H2,1-2H3. The minimum atomic E-state index is -0.505. The lowest BCUT2D eigenvalue weighted by Crippen LogP contribution is -2.35. The molecular weight excluding hydrogens is 434 g/mol. The van der Waals surface area contributed by atoms with Crippen LogP contribution in [0, 0.1) is 10.1 Å². The Labute approximate surface area is 196 Å². The second kappa shape index (κ2) is 9.58. The van der Waals surface area contributed by atoms with Crippen LogP contribution in [0.3, 0.4) is 0 Å². The Morgan fingerprint density at radius 2 is 1.53 bits per heavy atom. The number of hydrogen-bond acceptors (Lipinski definition) is 6. The van der Waals surface area contributed by atoms with E-state index >= 15 is 0 Å². The maximum absolute atomic E-state index is 13.7. The van der Waals surface area contributed by atoms with Crippen LogP contribution in [0.1, 0.15) is 19.4 Å². The SMILES string of the molecule is CCOc1ccc(N2C(=O)C(c3ccc([N+](=O)[O-])cc3)=C(N(CC)c3ccccc3)C2=O)cc1. The van der Waals surface area contributed by atoms with Crippen LogP contribution < -0.4 is 14.5 Å². The summed E-state index contributed by atoms with van der Waals surface area (Å²) in [7, 11) is 0. The number of anilines is 2. The minimum Gasteiger partial charge on any atom is -0.494 e. The summed E-state index contributed by atoms with van der Waals surface area (Å²) in [4.78, 5) is 40.9. The Kier molecular flexibility index (Phi) is 6.40. The van der Waals surface area contributed by atoms with E-state index in [2.05, 4.69) is 0 Å². The van der Waals surface area contributed by atoms with Crippen LogP contribution in [0.4, 0.5) is 17.1 Å². The van der Waals surface area contributed by atoms with Gasteiger partial charge in [-0.15, -0.1) is 0 Å². The highest BCUT2D eigenvalue weighted by molar-refractivity contribution is 6.46. The Bertz CT molecular complexity index is 1250. The molecule has 1 heterocycles. The predicted molar refractivity (Wildman–Crippen MR) is 130 cm³/mol. The first-order valence-corrected chi connectivity index (χ1v) is 10.9. The smallest absolute Gasteiger partial charge is 0.282 e. The molecule has 0 fully saturated rings.